The van der Waals surface area contributed by atoms with Crippen molar-refractivity contribution in [3.8, 4) is 0 Å². The summed E-state index contributed by atoms with van der Waals surface area (Å²) >= 11 is 1.82. The van der Waals surface area contributed by atoms with E-state index in [2.05, 4.69) is 12.1 Å². The number of hydrogen-bond donors (Lipinski definition) is 0. The van der Waals surface area contributed by atoms with Crippen LogP contribution in [0.2, 0.25) is 0 Å². The number of rotatable bonds is 4. The summed E-state index contributed by atoms with van der Waals surface area (Å²) in [5.41, 5.74) is 4.22. The van der Waals surface area contributed by atoms with Crippen LogP contribution in [-0.2, 0) is 13.0 Å². The Morgan fingerprint density at radius 3 is 2.72 bits per heavy atom. The normalized spacial score (nSPS) is 18.2. The Bertz CT molecular complexity index is 1080. The molecule has 0 bridgehead atoms. The fourth-order valence-electron chi connectivity index (χ4n) is 4.30. The number of para-hydroxylation sites is 1. The molecule has 1 fully saturated rings. The first-order valence-electron chi connectivity index (χ1n) is 10.1. The molecule has 6 heteroatoms. The SMILES string of the molecule is O=C1c2c(cccc2[N+]2([O-])CCSCC2)CN1CCc1ccc2ccccc2n1. The number of amides is 1. The summed E-state index contributed by atoms with van der Waals surface area (Å²) in [6.45, 7) is 2.25. The van der Waals surface area contributed by atoms with Gasteiger partial charge in [-0.1, -0.05) is 36.4 Å². The van der Waals surface area contributed by atoms with Crippen molar-refractivity contribution < 1.29 is 4.79 Å². The first-order valence-corrected chi connectivity index (χ1v) is 11.2. The van der Waals surface area contributed by atoms with Gasteiger partial charge in [-0.25, -0.2) is 0 Å². The quantitative estimate of drug-likeness (QED) is 0.487. The van der Waals surface area contributed by atoms with Crippen LogP contribution in [0, 0.1) is 5.21 Å². The van der Waals surface area contributed by atoms with Gasteiger partial charge in [-0.15, -0.1) is 0 Å². The van der Waals surface area contributed by atoms with Crippen molar-refractivity contribution in [3.05, 3.63) is 76.6 Å². The zero-order valence-electron chi connectivity index (χ0n) is 16.2. The number of aromatic nitrogens is 1. The number of benzene rings is 2. The number of carbonyl (C=O) groups excluding carboxylic acids is 1. The predicted molar refractivity (Wildman–Crippen MR) is 119 cm³/mol. The van der Waals surface area contributed by atoms with E-state index < -0.39 is 0 Å². The lowest BCUT2D eigenvalue weighted by Crippen LogP contribution is -2.50. The van der Waals surface area contributed by atoms with Crippen molar-refractivity contribution in [2.75, 3.05) is 31.1 Å². The highest BCUT2D eigenvalue weighted by atomic mass is 32.2. The number of nitrogens with zero attached hydrogens (tertiary/aromatic N) is 3. The lowest BCUT2D eigenvalue weighted by atomic mass is 10.1. The van der Waals surface area contributed by atoms with E-state index in [-0.39, 0.29) is 10.6 Å². The highest BCUT2D eigenvalue weighted by Gasteiger charge is 2.36. The number of quaternary nitrogens is 1. The molecule has 0 saturated carbocycles. The average Bonchev–Trinajstić information content (AvgIpc) is 3.08. The lowest BCUT2D eigenvalue weighted by molar-refractivity contribution is 0.0779. The van der Waals surface area contributed by atoms with Gasteiger partial charge in [-0.3, -0.25) is 9.78 Å². The summed E-state index contributed by atoms with van der Waals surface area (Å²) in [6.07, 6.45) is 0.702. The van der Waals surface area contributed by atoms with Gasteiger partial charge in [0.1, 0.15) is 11.3 Å². The average molecular weight is 406 g/mol. The molecule has 0 N–H and O–H groups in total. The van der Waals surface area contributed by atoms with Gasteiger partial charge in [0.05, 0.1) is 18.6 Å². The van der Waals surface area contributed by atoms with E-state index in [1.165, 1.54) is 0 Å². The summed E-state index contributed by atoms with van der Waals surface area (Å²) in [6, 6.07) is 17.9. The highest BCUT2D eigenvalue weighted by molar-refractivity contribution is 7.99. The van der Waals surface area contributed by atoms with Crippen molar-refractivity contribution in [1.29, 1.82) is 0 Å². The first-order chi connectivity index (χ1) is 14.1. The topological polar surface area (TPSA) is 56.3 Å². The summed E-state index contributed by atoms with van der Waals surface area (Å²) in [4.78, 5) is 19.8. The van der Waals surface area contributed by atoms with Gasteiger partial charge in [-0.05, 0) is 17.7 Å². The minimum absolute atomic E-state index is 0.0111. The number of pyridine rings is 1. The molecule has 5 nitrogen and oxygen atoms in total. The molecule has 0 spiro atoms. The molecule has 0 atom stereocenters. The first kappa shape index (κ1) is 18.6. The molecule has 0 unspecified atom stereocenters. The van der Waals surface area contributed by atoms with Crippen LogP contribution in [0.5, 0.6) is 0 Å². The van der Waals surface area contributed by atoms with Gasteiger partial charge in [0, 0.05) is 48.2 Å². The fraction of sp³-hybridized carbons (Fsp3) is 0.304. The Hall–Kier alpha value is -2.41. The van der Waals surface area contributed by atoms with E-state index in [1.54, 1.807) is 0 Å². The molecule has 29 heavy (non-hydrogen) atoms. The van der Waals surface area contributed by atoms with Crippen LogP contribution in [0.4, 0.5) is 5.69 Å². The van der Waals surface area contributed by atoms with E-state index in [4.69, 9.17) is 4.98 Å². The maximum absolute atomic E-state index is 13.4. The van der Waals surface area contributed by atoms with Gasteiger partial charge in [0.2, 0.25) is 0 Å². The maximum atomic E-state index is 13.4. The Morgan fingerprint density at radius 2 is 1.86 bits per heavy atom. The molecule has 2 aliphatic rings. The lowest BCUT2D eigenvalue weighted by Gasteiger charge is -2.45. The monoisotopic (exact) mass is 405 g/mol. The van der Waals surface area contributed by atoms with E-state index >= 15 is 0 Å². The molecule has 0 aliphatic carbocycles. The second-order valence-electron chi connectivity index (χ2n) is 7.73. The zero-order valence-corrected chi connectivity index (χ0v) is 17.0. The second kappa shape index (κ2) is 7.44. The summed E-state index contributed by atoms with van der Waals surface area (Å²) in [5.74, 6) is 1.68. The van der Waals surface area contributed by atoms with Gasteiger partial charge in [-0.2, -0.15) is 11.8 Å². The largest absolute Gasteiger partial charge is 0.627 e. The van der Waals surface area contributed by atoms with Crippen LogP contribution < -0.4 is 4.65 Å². The zero-order chi connectivity index (χ0) is 19.8. The molecule has 3 aromatic rings. The molecular weight excluding hydrogens is 382 g/mol. The minimum Gasteiger partial charge on any atom is -0.627 e. The molecule has 2 aromatic carbocycles. The molecule has 2 aliphatic heterocycles. The minimum atomic E-state index is -0.373. The molecule has 3 heterocycles. The fourth-order valence-corrected chi connectivity index (χ4v) is 5.35. The summed E-state index contributed by atoms with van der Waals surface area (Å²) in [5, 5.41) is 14.5. The maximum Gasteiger partial charge on any atom is 0.260 e. The second-order valence-corrected chi connectivity index (χ2v) is 8.96. The van der Waals surface area contributed by atoms with Crippen LogP contribution in [-0.4, -0.2) is 46.9 Å². The molecule has 5 rings (SSSR count). The molecule has 1 aromatic heterocycles. The van der Waals surface area contributed by atoms with Crippen LogP contribution in [0.1, 0.15) is 21.6 Å². The van der Waals surface area contributed by atoms with E-state index in [1.807, 2.05) is 59.1 Å². The third kappa shape index (κ3) is 3.41. The van der Waals surface area contributed by atoms with E-state index in [0.29, 0.717) is 43.9 Å². The number of carbonyl (C=O) groups is 1. The van der Waals surface area contributed by atoms with Gasteiger partial charge >= 0.3 is 0 Å². The summed E-state index contributed by atoms with van der Waals surface area (Å²) in [7, 11) is 0. The van der Waals surface area contributed by atoms with Gasteiger partial charge in [0.25, 0.3) is 5.91 Å². The van der Waals surface area contributed by atoms with Crippen LogP contribution in [0.25, 0.3) is 10.9 Å². The van der Waals surface area contributed by atoms with Crippen molar-refractivity contribution in [3.63, 3.8) is 0 Å². The molecular formula is C23H23N3O2S. The standard InChI is InChI=1S/C23H23N3O2S/c27-23-22-18(5-3-7-21(22)26(28)12-14-29-15-13-26)16-25(23)11-10-19-9-8-17-4-1-2-6-20(17)24-19/h1-9H,10-16H2. The number of hydrogen-bond acceptors (Lipinski definition) is 4. The van der Waals surface area contributed by atoms with Crippen molar-refractivity contribution in [2.24, 2.45) is 0 Å². The third-order valence-corrected chi connectivity index (χ3v) is 6.86. The molecule has 1 saturated heterocycles. The van der Waals surface area contributed by atoms with Crippen LogP contribution >= 0.6 is 11.8 Å². The molecule has 148 valence electrons. The highest BCUT2D eigenvalue weighted by Crippen LogP contribution is 2.36. The van der Waals surface area contributed by atoms with Crippen LogP contribution in [0.3, 0.4) is 0 Å². The van der Waals surface area contributed by atoms with Crippen molar-refractivity contribution in [1.82, 2.24) is 14.5 Å². The number of fused-ring (bicyclic) bond motifs is 2. The Balaban J connectivity index is 1.36. The number of hydroxylamine groups is 2. The Morgan fingerprint density at radius 1 is 1.03 bits per heavy atom. The number of thioether (sulfide) groups is 1. The molecule has 1 amide bonds. The van der Waals surface area contributed by atoms with Crippen LogP contribution in [0.15, 0.2) is 54.6 Å². The Labute approximate surface area is 174 Å². The van der Waals surface area contributed by atoms with Crippen molar-refractivity contribution >= 4 is 34.3 Å². The Kier molecular flexibility index (Phi) is 4.78. The summed E-state index contributed by atoms with van der Waals surface area (Å²) < 4.78 is -0.373. The smallest absolute Gasteiger partial charge is 0.260 e. The third-order valence-electron chi connectivity index (χ3n) is 5.92. The van der Waals surface area contributed by atoms with E-state index in [0.717, 1.165) is 33.7 Å². The van der Waals surface area contributed by atoms with Gasteiger partial charge in [0.15, 0.2) is 0 Å². The van der Waals surface area contributed by atoms with Gasteiger partial charge < -0.3 is 14.8 Å². The molecule has 0 radical (unpaired) electrons. The van der Waals surface area contributed by atoms with E-state index in [9.17, 15) is 10.0 Å². The van der Waals surface area contributed by atoms with Crippen molar-refractivity contribution in [2.45, 2.75) is 13.0 Å². The predicted octanol–water partition coefficient (Wildman–Crippen LogP) is 3.99.